The second kappa shape index (κ2) is 6.98. The standard InChI is InChI=1S/C18H31N/c1-8-14(6)15(7)19-18-10-9-16(12(2)3)11-17(18)13(4)5/h9-15,19H,8H2,1-7H3. The second-order valence-corrected chi connectivity index (χ2v) is 6.47. The van der Waals surface area contributed by atoms with Crippen molar-refractivity contribution in [3.63, 3.8) is 0 Å². The molecule has 0 amide bonds. The molecule has 108 valence electrons. The van der Waals surface area contributed by atoms with Gasteiger partial charge in [-0.05, 0) is 41.9 Å². The minimum Gasteiger partial charge on any atom is -0.382 e. The molecular formula is C18H31N. The quantitative estimate of drug-likeness (QED) is 0.684. The van der Waals surface area contributed by atoms with Crippen molar-refractivity contribution in [3.05, 3.63) is 29.3 Å². The van der Waals surface area contributed by atoms with E-state index < -0.39 is 0 Å². The molecule has 2 atom stereocenters. The van der Waals surface area contributed by atoms with E-state index in [1.54, 1.807) is 0 Å². The van der Waals surface area contributed by atoms with Gasteiger partial charge in [0, 0.05) is 11.7 Å². The lowest BCUT2D eigenvalue weighted by atomic mass is 9.93. The molecule has 0 saturated heterocycles. The van der Waals surface area contributed by atoms with Crippen molar-refractivity contribution in [2.75, 3.05) is 5.32 Å². The zero-order valence-electron chi connectivity index (χ0n) is 13.7. The molecule has 19 heavy (non-hydrogen) atoms. The molecular weight excluding hydrogens is 230 g/mol. The summed E-state index contributed by atoms with van der Waals surface area (Å²) >= 11 is 0. The lowest BCUT2D eigenvalue weighted by Crippen LogP contribution is -2.24. The summed E-state index contributed by atoms with van der Waals surface area (Å²) in [6, 6.07) is 7.43. The van der Waals surface area contributed by atoms with Gasteiger partial charge in [0.15, 0.2) is 0 Å². The molecule has 0 radical (unpaired) electrons. The van der Waals surface area contributed by atoms with Crippen molar-refractivity contribution in [3.8, 4) is 0 Å². The Morgan fingerprint density at radius 2 is 1.58 bits per heavy atom. The molecule has 0 heterocycles. The summed E-state index contributed by atoms with van der Waals surface area (Å²) in [7, 11) is 0. The van der Waals surface area contributed by atoms with Gasteiger partial charge in [-0.3, -0.25) is 0 Å². The van der Waals surface area contributed by atoms with Crippen LogP contribution in [0.4, 0.5) is 5.69 Å². The van der Waals surface area contributed by atoms with Crippen LogP contribution in [0.5, 0.6) is 0 Å². The SMILES string of the molecule is CCC(C)C(C)Nc1ccc(C(C)C)cc1C(C)C. The number of anilines is 1. The molecule has 1 heteroatoms. The number of hydrogen-bond donors (Lipinski definition) is 1. The Labute approximate surface area is 119 Å². The van der Waals surface area contributed by atoms with Crippen LogP contribution in [0.2, 0.25) is 0 Å². The van der Waals surface area contributed by atoms with Gasteiger partial charge in [0.05, 0.1) is 0 Å². The van der Waals surface area contributed by atoms with E-state index in [9.17, 15) is 0 Å². The molecule has 1 aromatic rings. The van der Waals surface area contributed by atoms with Crippen molar-refractivity contribution in [1.82, 2.24) is 0 Å². The summed E-state index contributed by atoms with van der Waals surface area (Å²) in [5, 5.41) is 3.71. The molecule has 0 spiro atoms. The highest BCUT2D eigenvalue weighted by Gasteiger charge is 2.14. The first-order valence-corrected chi connectivity index (χ1v) is 7.77. The highest BCUT2D eigenvalue weighted by atomic mass is 14.9. The van der Waals surface area contributed by atoms with Crippen LogP contribution < -0.4 is 5.32 Å². The third-order valence-corrected chi connectivity index (χ3v) is 4.24. The lowest BCUT2D eigenvalue weighted by Gasteiger charge is -2.25. The van der Waals surface area contributed by atoms with Gasteiger partial charge in [-0.15, -0.1) is 0 Å². The number of rotatable bonds is 6. The summed E-state index contributed by atoms with van der Waals surface area (Å²) in [5.41, 5.74) is 4.19. The predicted molar refractivity (Wildman–Crippen MR) is 87.2 cm³/mol. The summed E-state index contributed by atoms with van der Waals surface area (Å²) in [6.07, 6.45) is 1.22. The molecule has 1 rings (SSSR count). The average Bonchev–Trinajstić information content (AvgIpc) is 2.37. The van der Waals surface area contributed by atoms with Gasteiger partial charge in [0.25, 0.3) is 0 Å². The number of benzene rings is 1. The number of nitrogens with one attached hydrogen (secondary N) is 1. The van der Waals surface area contributed by atoms with Crippen molar-refractivity contribution in [2.24, 2.45) is 5.92 Å². The Hall–Kier alpha value is -0.980. The fourth-order valence-electron chi connectivity index (χ4n) is 2.29. The van der Waals surface area contributed by atoms with Crippen LogP contribution in [0, 0.1) is 5.92 Å². The predicted octanol–water partition coefficient (Wildman–Crippen LogP) is 5.78. The van der Waals surface area contributed by atoms with Crippen molar-refractivity contribution >= 4 is 5.69 Å². The van der Waals surface area contributed by atoms with E-state index >= 15 is 0 Å². The van der Waals surface area contributed by atoms with Crippen molar-refractivity contribution in [2.45, 2.75) is 72.8 Å². The highest BCUT2D eigenvalue weighted by molar-refractivity contribution is 5.55. The maximum atomic E-state index is 3.71. The maximum Gasteiger partial charge on any atom is 0.0377 e. The molecule has 0 aromatic heterocycles. The third kappa shape index (κ3) is 4.26. The highest BCUT2D eigenvalue weighted by Crippen LogP contribution is 2.29. The van der Waals surface area contributed by atoms with E-state index in [-0.39, 0.29) is 0 Å². The lowest BCUT2D eigenvalue weighted by molar-refractivity contribution is 0.494. The molecule has 0 bridgehead atoms. The van der Waals surface area contributed by atoms with Crippen LogP contribution in [0.25, 0.3) is 0 Å². The zero-order chi connectivity index (χ0) is 14.6. The van der Waals surface area contributed by atoms with Crippen LogP contribution in [-0.4, -0.2) is 6.04 Å². The van der Waals surface area contributed by atoms with Crippen LogP contribution in [0.3, 0.4) is 0 Å². The topological polar surface area (TPSA) is 12.0 Å². The van der Waals surface area contributed by atoms with E-state index in [4.69, 9.17) is 0 Å². The van der Waals surface area contributed by atoms with Crippen LogP contribution in [0.15, 0.2) is 18.2 Å². The third-order valence-electron chi connectivity index (χ3n) is 4.24. The Balaban J connectivity index is 3.00. The minimum atomic E-state index is 0.521. The van der Waals surface area contributed by atoms with Crippen LogP contribution in [-0.2, 0) is 0 Å². The fourth-order valence-corrected chi connectivity index (χ4v) is 2.29. The molecule has 1 nitrogen and oxygen atoms in total. The van der Waals surface area contributed by atoms with Gasteiger partial charge in [0.2, 0.25) is 0 Å². The van der Waals surface area contributed by atoms with Gasteiger partial charge < -0.3 is 5.32 Å². The summed E-state index contributed by atoms with van der Waals surface area (Å²) < 4.78 is 0. The largest absolute Gasteiger partial charge is 0.382 e. The molecule has 0 saturated carbocycles. The van der Waals surface area contributed by atoms with Gasteiger partial charge in [0.1, 0.15) is 0 Å². The Kier molecular flexibility index (Phi) is 5.90. The molecule has 0 aliphatic heterocycles. The van der Waals surface area contributed by atoms with Gasteiger partial charge in [-0.2, -0.15) is 0 Å². The summed E-state index contributed by atoms with van der Waals surface area (Å²) in [6.45, 7) is 15.9. The van der Waals surface area contributed by atoms with E-state index in [0.717, 1.165) is 0 Å². The zero-order valence-corrected chi connectivity index (χ0v) is 13.7. The molecule has 0 fully saturated rings. The fraction of sp³-hybridized carbons (Fsp3) is 0.667. The smallest absolute Gasteiger partial charge is 0.0377 e. The molecule has 1 aromatic carbocycles. The first-order chi connectivity index (χ1) is 8.86. The first-order valence-electron chi connectivity index (χ1n) is 7.77. The van der Waals surface area contributed by atoms with Crippen LogP contribution >= 0.6 is 0 Å². The Morgan fingerprint density at radius 3 is 2.05 bits per heavy atom. The van der Waals surface area contributed by atoms with E-state index in [2.05, 4.69) is 72.0 Å². The Morgan fingerprint density at radius 1 is 0.947 bits per heavy atom. The maximum absolute atomic E-state index is 3.71. The second-order valence-electron chi connectivity index (χ2n) is 6.47. The number of hydrogen-bond acceptors (Lipinski definition) is 1. The monoisotopic (exact) mass is 261 g/mol. The molecule has 2 unspecified atom stereocenters. The minimum absolute atomic E-state index is 0.521. The average molecular weight is 261 g/mol. The Bertz CT molecular complexity index is 393. The normalized spacial score (nSPS) is 14.8. The molecule has 0 aliphatic rings. The first kappa shape index (κ1) is 16.1. The van der Waals surface area contributed by atoms with E-state index in [0.29, 0.717) is 23.8 Å². The van der Waals surface area contributed by atoms with Gasteiger partial charge in [-0.1, -0.05) is 60.1 Å². The molecule has 1 N–H and O–H groups in total. The summed E-state index contributed by atoms with van der Waals surface area (Å²) in [5.74, 6) is 1.86. The summed E-state index contributed by atoms with van der Waals surface area (Å²) in [4.78, 5) is 0. The van der Waals surface area contributed by atoms with Crippen molar-refractivity contribution < 1.29 is 0 Å². The van der Waals surface area contributed by atoms with E-state index in [1.165, 1.54) is 23.2 Å². The van der Waals surface area contributed by atoms with Crippen LogP contribution in [0.1, 0.15) is 77.8 Å². The van der Waals surface area contributed by atoms with Gasteiger partial charge >= 0.3 is 0 Å². The van der Waals surface area contributed by atoms with Crippen molar-refractivity contribution in [1.29, 1.82) is 0 Å². The van der Waals surface area contributed by atoms with Gasteiger partial charge in [-0.25, -0.2) is 0 Å². The molecule has 0 aliphatic carbocycles. The van der Waals surface area contributed by atoms with E-state index in [1.807, 2.05) is 0 Å².